The summed E-state index contributed by atoms with van der Waals surface area (Å²) in [5.74, 6) is 0.880. The molecule has 0 radical (unpaired) electrons. The SMILES string of the molecule is CCOc1ccc(NC(=O)COc2ccccc2-c2noc(-c3cccc(F)c3)n2)cc1. The average molecular weight is 433 g/mol. The van der Waals surface area contributed by atoms with Crippen molar-refractivity contribution < 1.29 is 23.2 Å². The lowest BCUT2D eigenvalue weighted by Crippen LogP contribution is -2.20. The van der Waals surface area contributed by atoms with Crippen LogP contribution >= 0.6 is 0 Å². The molecule has 0 saturated carbocycles. The van der Waals surface area contributed by atoms with Crippen molar-refractivity contribution >= 4 is 11.6 Å². The molecule has 1 heterocycles. The molecule has 1 N–H and O–H groups in total. The Labute approximate surface area is 183 Å². The van der Waals surface area contributed by atoms with E-state index < -0.39 is 5.82 Å². The monoisotopic (exact) mass is 433 g/mol. The summed E-state index contributed by atoms with van der Waals surface area (Å²) in [5.41, 5.74) is 1.65. The molecule has 0 spiro atoms. The van der Waals surface area contributed by atoms with Crippen molar-refractivity contribution in [1.82, 2.24) is 10.1 Å². The van der Waals surface area contributed by atoms with Crippen molar-refractivity contribution in [3.05, 3.63) is 78.6 Å². The summed E-state index contributed by atoms with van der Waals surface area (Å²) in [6.45, 7) is 2.27. The first-order valence-electron chi connectivity index (χ1n) is 9.97. The molecular weight excluding hydrogens is 413 g/mol. The standard InChI is InChI=1S/C24H20FN3O4/c1-2-30-19-12-10-18(11-13-19)26-22(29)15-31-21-9-4-3-8-20(21)23-27-24(32-28-23)16-6-5-7-17(25)14-16/h3-14H,2,15H2,1H3,(H,26,29). The summed E-state index contributed by atoms with van der Waals surface area (Å²) >= 11 is 0. The molecule has 4 aromatic rings. The number of anilines is 1. The van der Waals surface area contributed by atoms with Crippen LogP contribution in [0.15, 0.2) is 77.3 Å². The molecule has 0 atom stereocenters. The molecule has 0 unspecified atom stereocenters. The van der Waals surface area contributed by atoms with E-state index in [-0.39, 0.29) is 24.2 Å². The first-order valence-corrected chi connectivity index (χ1v) is 9.97. The van der Waals surface area contributed by atoms with Gasteiger partial charge in [0.1, 0.15) is 17.3 Å². The zero-order valence-corrected chi connectivity index (χ0v) is 17.2. The van der Waals surface area contributed by atoms with Crippen LogP contribution in [-0.2, 0) is 4.79 Å². The van der Waals surface area contributed by atoms with Crippen LogP contribution in [0.5, 0.6) is 11.5 Å². The first kappa shape index (κ1) is 21.0. The number of hydrogen-bond donors (Lipinski definition) is 1. The number of ether oxygens (including phenoxy) is 2. The van der Waals surface area contributed by atoms with Crippen molar-refractivity contribution in [3.8, 4) is 34.3 Å². The predicted molar refractivity (Wildman–Crippen MR) is 117 cm³/mol. The Hall–Kier alpha value is -4.20. The van der Waals surface area contributed by atoms with Gasteiger partial charge in [-0.1, -0.05) is 23.4 Å². The lowest BCUT2D eigenvalue weighted by molar-refractivity contribution is -0.118. The quantitative estimate of drug-likeness (QED) is 0.423. The molecule has 3 aromatic carbocycles. The smallest absolute Gasteiger partial charge is 0.262 e. The number of carbonyl (C=O) groups is 1. The molecule has 8 heteroatoms. The van der Waals surface area contributed by atoms with Gasteiger partial charge in [-0.3, -0.25) is 4.79 Å². The molecule has 162 valence electrons. The zero-order chi connectivity index (χ0) is 22.3. The molecule has 4 rings (SSSR count). The minimum absolute atomic E-state index is 0.183. The van der Waals surface area contributed by atoms with Crippen LogP contribution in [0.25, 0.3) is 22.8 Å². The van der Waals surface area contributed by atoms with Crippen LogP contribution in [0.4, 0.5) is 10.1 Å². The first-order chi connectivity index (χ1) is 15.6. The molecule has 1 aromatic heterocycles. The Morgan fingerprint density at radius 2 is 1.84 bits per heavy atom. The van der Waals surface area contributed by atoms with Gasteiger partial charge in [-0.2, -0.15) is 4.98 Å². The molecule has 0 aliphatic rings. The van der Waals surface area contributed by atoms with Gasteiger partial charge in [0.15, 0.2) is 6.61 Å². The zero-order valence-electron chi connectivity index (χ0n) is 17.2. The van der Waals surface area contributed by atoms with Crippen LogP contribution in [0.1, 0.15) is 6.92 Å². The Bertz CT molecular complexity index is 1210. The van der Waals surface area contributed by atoms with Gasteiger partial charge in [0, 0.05) is 11.3 Å². The Kier molecular flexibility index (Phi) is 6.41. The van der Waals surface area contributed by atoms with Crippen LogP contribution in [0.2, 0.25) is 0 Å². The second-order valence-corrected chi connectivity index (χ2v) is 6.72. The summed E-state index contributed by atoms with van der Waals surface area (Å²) in [7, 11) is 0. The van der Waals surface area contributed by atoms with Crippen molar-refractivity contribution in [3.63, 3.8) is 0 Å². The van der Waals surface area contributed by atoms with E-state index in [0.717, 1.165) is 5.75 Å². The summed E-state index contributed by atoms with van der Waals surface area (Å²) < 4.78 is 29.8. The molecule has 7 nitrogen and oxygen atoms in total. The van der Waals surface area contributed by atoms with Gasteiger partial charge >= 0.3 is 0 Å². The van der Waals surface area contributed by atoms with Crippen molar-refractivity contribution in [2.75, 3.05) is 18.5 Å². The molecule has 0 aliphatic heterocycles. The van der Waals surface area contributed by atoms with Gasteiger partial charge in [0.05, 0.1) is 12.2 Å². The highest BCUT2D eigenvalue weighted by atomic mass is 19.1. The highest BCUT2D eigenvalue weighted by molar-refractivity contribution is 5.92. The minimum Gasteiger partial charge on any atom is -0.494 e. The van der Waals surface area contributed by atoms with Gasteiger partial charge in [0.2, 0.25) is 5.82 Å². The van der Waals surface area contributed by atoms with Gasteiger partial charge in [-0.05, 0) is 61.5 Å². The highest BCUT2D eigenvalue weighted by Gasteiger charge is 2.16. The third-order valence-electron chi connectivity index (χ3n) is 4.43. The number of aromatic nitrogens is 2. The summed E-state index contributed by atoms with van der Waals surface area (Å²) in [6.07, 6.45) is 0. The average Bonchev–Trinajstić information content (AvgIpc) is 3.30. The maximum atomic E-state index is 13.5. The fourth-order valence-electron chi connectivity index (χ4n) is 2.99. The number of nitrogens with one attached hydrogen (secondary N) is 1. The second kappa shape index (κ2) is 9.74. The topological polar surface area (TPSA) is 86.5 Å². The summed E-state index contributed by atoms with van der Waals surface area (Å²) in [6, 6.07) is 20.0. The van der Waals surface area contributed by atoms with Crippen molar-refractivity contribution in [2.24, 2.45) is 0 Å². The van der Waals surface area contributed by atoms with Crippen LogP contribution in [0, 0.1) is 5.82 Å². The van der Waals surface area contributed by atoms with Crippen LogP contribution < -0.4 is 14.8 Å². The number of halogens is 1. The van der Waals surface area contributed by atoms with E-state index in [2.05, 4.69) is 15.5 Å². The van der Waals surface area contributed by atoms with E-state index in [9.17, 15) is 9.18 Å². The van der Waals surface area contributed by atoms with E-state index >= 15 is 0 Å². The maximum absolute atomic E-state index is 13.5. The predicted octanol–water partition coefficient (Wildman–Crippen LogP) is 4.96. The van der Waals surface area contributed by atoms with E-state index in [1.54, 1.807) is 60.7 Å². The normalized spacial score (nSPS) is 10.6. The number of benzene rings is 3. The molecule has 0 aliphatic carbocycles. The van der Waals surface area contributed by atoms with Gasteiger partial charge < -0.3 is 19.3 Å². The number of carbonyl (C=O) groups excluding carboxylic acids is 1. The van der Waals surface area contributed by atoms with Gasteiger partial charge in [-0.25, -0.2) is 4.39 Å². The number of nitrogens with zero attached hydrogens (tertiary/aromatic N) is 2. The third-order valence-corrected chi connectivity index (χ3v) is 4.43. The Balaban J connectivity index is 1.43. The molecular formula is C24H20FN3O4. The molecule has 0 bridgehead atoms. The van der Waals surface area contributed by atoms with E-state index in [1.807, 2.05) is 6.92 Å². The molecule has 1 amide bonds. The molecule has 0 fully saturated rings. The van der Waals surface area contributed by atoms with Gasteiger partial charge in [0.25, 0.3) is 11.8 Å². The lowest BCUT2D eigenvalue weighted by Gasteiger charge is -2.10. The largest absolute Gasteiger partial charge is 0.494 e. The number of rotatable bonds is 8. The number of para-hydroxylation sites is 1. The van der Waals surface area contributed by atoms with Crippen LogP contribution in [0.3, 0.4) is 0 Å². The highest BCUT2D eigenvalue weighted by Crippen LogP contribution is 2.29. The third kappa shape index (κ3) is 5.10. The maximum Gasteiger partial charge on any atom is 0.262 e. The van der Waals surface area contributed by atoms with E-state index in [0.29, 0.717) is 29.2 Å². The van der Waals surface area contributed by atoms with Crippen molar-refractivity contribution in [2.45, 2.75) is 6.92 Å². The van der Waals surface area contributed by atoms with E-state index in [1.165, 1.54) is 12.1 Å². The van der Waals surface area contributed by atoms with Gasteiger partial charge in [-0.15, -0.1) is 0 Å². The van der Waals surface area contributed by atoms with Crippen molar-refractivity contribution in [1.29, 1.82) is 0 Å². The number of hydrogen-bond acceptors (Lipinski definition) is 6. The van der Waals surface area contributed by atoms with Crippen LogP contribution in [-0.4, -0.2) is 29.3 Å². The number of amides is 1. The van der Waals surface area contributed by atoms with E-state index in [4.69, 9.17) is 14.0 Å². The summed E-state index contributed by atoms with van der Waals surface area (Å²) in [5, 5.41) is 6.74. The molecule has 32 heavy (non-hydrogen) atoms. The lowest BCUT2D eigenvalue weighted by atomic mass is 10.2. The fourth-order valence-corrected chi connectivity index (χ4v) is 2.99. The Morgan fingerprint density at radius 1 is 1.03 bits per heavy atom. The Morgan fingerprint density at radius 3 is 2.62 bits per heavy atom. The molecule has 0 saturated heterocycles. The minimum atomic E-state index is -0.399. The fraction of sp³-hybridized carbons (Fsp3) is 0.125. The summed E-state index contributed by atoms with van der Waals surface area (Å²) in [4.78, 5) is 16.6. The second-order valence-electron chi connectivity index (χ2n) is 6.72.